The van der Waals surface area contributed by atoms with Crippen LogP contribution in [-0.4, -0.2) is 32.9 Å². The van der Waals surface area contributed by atoms with Crippen molar-refractivity contribution in [3.63, 3.8) is 0 Å². The van der Waals surface area contributed by atoms with Crippen LogP contribution in [0.5, 0.6) is 0 Å². The van der Waals surface area contributed by atoms with Gasteiger partial charge in [-0.25, -0.2) is 0 Å². The third-order valence-corrected chi connectivity index (χ3v) is 5.52. The highest BCUT2D eigenvalue weighted by Gasteiger charge is 2.27. The molecule has 0 aromatic heterocycles. The van der Waals surface area contributed by atoms with Crippen LogP contribution in [0, 0.1) is 11.3 Å². The highest BCUT2D eigenvalue weighted by atomic mass is 32.2. The summed E-state index contributed by atoms with van der Waals surface area (Å²) in [6.45, 7) is 1.17. The monoisotopic (exact) mass is 293 g/mol. The van der Waals surface area contributed by atoms with E-state index in [9.17, 15) is 8.42 Å². The molecule has 1 fully saturated rings. The average Bonchev–Trinajstić information content (AvgIpc) is 2.76. The average molecular weight is 293 g/mol. The molecule has 20 heavy (non-hydrogen) atoms. The largest absolute Gasteiger partial charge is 0.303 e. The molecule has 0 amide bonds. The third kappa shape index (κ3) is 3.11. The van der Waals surface area contributed by atoms with Crippen molar-refractivity contribution in [2.75, 3.05) is 24.4 Å². The van der Waals surface area contributed by atoms with Crippen molar-refractivity contribution in [3.8, 4) is 6.07 Å². The van der Waals surface area contributed by atoms with Crippen molar-refractivity contribution in [1.29, 1.82) is 5.26 Å². The Kier molecular flexibility index (Phi) is 4.63. The summed E-state index contributed by atoms with van der Waals surface area (Å²) in [7, 11) is -1.92. The molecule has 0 bridgehead atoms. The van der Waals surface area contributed by atoms with Crippen molar-refractivity contribution in [3.05, 3.63) is 29.8 Å². The second kappa shape index (κ2) is 6.25. The molecule has 1 heterocycles. The van der Waals surface area contributed by atoms with Gasteiger partial charge in [-0.3, -0.25) is 4.31 Å². The lowest BCUT2D eigenvalue weighted by Crippen LogP contribution is -2.42. The van der Waals surface area contributed by atoms with Crippen LogP contribution < -0.4 is 4.31 Å². The molecular formula is C14H19N3O2S. The van der Waals surface area contributed by atoms with Gasteiger partial charge in [0.2, 0.25) is 0 Å². The first-order chi connectivity index (χ1) is 9.55. The maximum Gasteiger partial charge on any atom is 0.303 e. The molecule has 0 radical (unpaired) electrons. The number of hydrogen-bond donors (Lipinski definition) is 0. The topological polar surface area (TPSA) is 64.4 Å². The van der Waals surface area contributed by atoms with Gasteiger partial charge in [-0.2, -0.15) is 18.0 Å². The van der Waals surface area contributed by atoms with E-state index in [4.69, 9.17) is 5.26 Å². The van der Waals surface area contributed by atoms with Crippen molar-refractivity contribution < 1.29 is 8.42 Å². The van der Waals surface area contributed by atoms with E-state index in [0.717, 1.165) is 25.7 Å². The van der Waals surface area contributed by atoms with Gasteiger partial charge in [0, 0.05) is 20.1 Å². The summed E-state index contributed by atoms with van der Waals surface area (Å²) < 4.78 is 28.0. The fraction of sp³-hybridized carbons (Fsp3) is 0.500. The summed E-state index contributed by atoms with van der Waals surface area (Å²) in [4.78, 5) is 0. The van der Waals surface area contributed by atoms with Gasteiger partial charge in [0.1, 0.15) is 0 Å². The molecule has 0 saturated carbocycles. The fourth-order valence-corrected chi connectivity index (χ4v) is 3.78. The van der Waals surface area contributed by atoms with Crippen LogP contribution >= 0.6 is 0 Å². The lowest BCUT2D eigenvalue weighted by Gasteiger charge is -2.27. The van der Waals surface area contributed by atoms with E-state index in [1.165, 1.54) is 4.31 Å². The Morgan fingerprint density at radius 2 is 1.65 bits per heavy atom. The van der Waals surface area contributed by atoms with Crippen LogP contribution in [0.3, 0.4) is 0 Å². The standard InChI is InChI=1S/C14H19N3O2S/c1-16(14-8-6-13(12-15)7-9-14)20(18,19)17-10-4-2-3-5-11-17/h6-9H,2-5,10-11H2,1H3. The van der Waals surface area contributed by atoms with Crippen molar-refractivity contribution >= 4 is 15.9 Å². The van der Waals surface area contributed by atoms with E-state index < -0.39 is 10.2 Å². The van der Waals surface area contributed by atoms with E-state index >= 15 is 0 Å². The minimum atomic E-state index is -3.47. The van der Waals surface area contributed by atoms with Gasteiger partial charge in [-0.05, 0) is 37.1 Å². The second-order valence-electron chi connectivity index (χ2n) is 4.95. The Hall–Kier alpha value is -1.58. The Labute approximate surface area is 120 Å². The quantitative estimate of drug-likeness (QED) is 0.857. The minimum Gasteiger partial charge on any atom is -0.261 e. The summed E-state index contributed by atoms with van der Waals surface area (Å²) in [6, 6.07) is 8.60. The normalized spacial score (nSPS) is 17.2. The summed E-state index contributed by atoms with van der Waals surface area (Å²) in [5.74, 6) is 0. The van der Waals surface area contributed by atoms with Crippen LogP contribution in [-0.2, 0) is 10.2 Å². The number of hydrogen-bond acceptors (Lipinski definition) is 3. The van der Waals surface area contributed by atoms with Crippen LogP contribution in [0.25, 0.3) is 0 Å². The molecule has 0 spiro atoms. The van der Waals surface area contributed by atoms with Crippen molar-refractivity contribution in [1.82, 2.24) is 4.31 Å². The molecule has 2 rings (SSSR count). The Morgan fingerprint density at radius 3 is 2.15 bits per heavy atom. The zero-order valence-corrected chi connectivity index (χ0v) is 12.4. The van der Waals surface area contributed by atoms with Gasteiger partial charge in [0.05, 0.1) is 17.3 Å². The van der Waals surface area contributed by atoms with Gasteiger partial charge in [0.15, 0.2) is 0 Å². The number of nitrogens with zero attached hydrogens (tertiary/aromatic N) is 3. The molecule has 0 aliphatic carbocycles. The zero-order valence-electron chi connectivity index (χ0n) is 11.6. The van der Waals surface area contributed by atoms with Gasteiger partial charge in [-0.1, -0.05) is 12.8 Å². The Balaban J connectivity index is 2.20. The lowest BCUT2D eigenvalue weighted by atomic mass is 10.2. The summed E-state index contributed by atoms with van der Waals surface area (Å²) >= 11 is 0. The Morgan fingerprint density at radius 1 is 1.10 bits per heavy atom. The minimum absolute atomic E-state index is 0.523. The van der Waals surface area contributed by atoms with E-state index in [2.05, 4.69) is 0 Å². The van der Waals surface area contributed by atoms with Gasteiger partial charge in [-0.15, -0.1) is 0 Å². The summed E-state index contributed by atoms with van der Waals surface area (Å²) in [5.41, 5.74) is 1.10. The van der Waals surface area contributed by atoms with Gasteiger partial charge < -0.3 is 0 Å². The van der Waals surface area contributed by atoms with E-state index in [0.29, 0.717) is 24.3 Å². The van der Waals surface area contributed by atoms with Crippen molar-refractivity contribution in [2.45, 2.75) is 25.7 Å². The molecular weight excluding hydrogens is 274 g/mol. The van der Waals surface area contributed by atoms with Crippen LogP contribution in [0.2, 0.25) is 0 Å². The predicted molar refractivity (Wildman–Crippen MR) is 78.5 cm³/mol. The third-order valence-electron chi connectivity index (χ3n) is 3.60. The Bertz CT molecular complexity index is 582. The first-order valence-corrected chi connectivity index (χ1v) is 8.19. The smallest absolute Gasteiger partial charge is 0.261 e. The molecule has 1 aliphatic rings. The van der Waals surface area contributed by atoms with Crippen LogP contribution in [0.1, 0.15) is 31.2 Å². The first kappa shape index (κ1) is 14.8. The van der Waals surface area contributed by atoms with E-state index in [1.54, 1.807) is 35.6 Å². The van der Waals surface area contributed by atoms with E-state index in [-0.39, 0.29) is 0 Å². The molecule has 1 aromatic rings. The fourth-order valence-electron chi connectivity index (χ4n) is 2.32. The predicted octanol–water partition coefficient (Wildman–Crippen LogP) is 2.12. The molecule has 0 unspecified atom stereocenters. The maximum atomic E-state index is 12.6. The number of anilines is 1. The molecule has 1 aliphatic heterocycles. The van der Waals surface area contributed by atoms with E-state index in [1.807, 2.05) is 6.07 Å². The van der Waals surface area contributed by atoms with Gasteiger partial charge in [0.25, 0.3) is 0 Å². The van der Waals surface area contributed by atoms with Crippen LogP contribution in [0.4, 0.5) is 5.69 Å². The lowest BCUT2D eigenvalue weighted by molar-refractivity contribution is 0.422. The molecule has 0 atom stereocenters. The maximum absolute atomic E-state index is 12.6. The van der Waals surface area contributed by atoms with Gasteiger partial charge >= 0.3 is 10.2 Å². The van der Waals surface area contributed by atoms with Crippen molar-refractivity contribution in [2.24, 2.45) is 0 Å². The molecule has 5 nitrogen and oxygen atoms in total. The molecule has 1 saturated heterocycles. The first-order valence-electron chi connectivity index (χ1n) is 6.80. The summed E-state index contributed by atoms with van der Waals surface area (Å²) in [6.07, 6.45) is 4.01. The summed E-state index contributed by atoms with van der Waals surface area (Å²) in [5, 5.41) is 8.77. The molecule has 0 N–H and O–H groups in total. The number of rotatable bonds is 3. The van der Waals surface area contributed by atoms with Crippen LogP contribution in [0.15, 0.2) is 24.3 Å². The molecule has 108 valence electrons. The number of benzene rings is 1. The second-order valence-corrected chi connectivity index (χ2v) is 6.91. The zero-order chi connectivity index (χ0) is 14.6. The molecule has 6 heteroatoms. The SMILES string of the molecule is CN(c1ccc(C#N)cc1)S(=O)(=O)N1CCCCCC1. The highest BCUT2D eigenvalue weighted by molar-refractivity contribution is 7.90. The highest BCUT2D eigenvalue weighted by Crippen LogP contribution is 2.21. The number of nitriles is 1. The molecule has 1 aromatic carbocycles.